The minimum atomic E-state index is 0.361. The van der Waals surface area contributed by atoms with Crippen LogP contribution in [0.2, 0.25) is 0 Å². The summed E-state index contributed by atoms with van der Waals surface area (Å²) in [5.41, 5.74) is 0.361. The molecule has 1 rings (SSSR count). The first-order valence-corrected chi connectivity index (χ1v) is 6.46. The van der Waals surface area contributed by atoms with Crippen molar-refractivity contribution in [1.29, 1.82) is 0 Å². The Bertz CT molecular complexity index is 234. The van der Waals surface area contributed by atoms with E-state index in [1.165, 1.54) is 25.9 Å². The predicted octanol–water partition coefficient (Wildman–Crippen LogP) is 1.97. The van der Waals surface area contributed by atoms with E-state index in [1.807, 2.05) is 0 Å². The monoisotopic (exact) mass is 222 g/mol. The van der Waals surface area contributed by atoms with Crippen LogP contribution in [0.4, 0.5) is 0 Å². The molecule has 1 unspecified atom stereocenters. The van der Waals surface area contributed by atoms with Gasteiger partial charge in [-0.1, -0.05) is 26.7 Å². The number of rotatable bonds is 5. The highest BCUT2D eigenvalue weighted by Gasteiger charge is 2.31. The lowest BCUT2D eigenvalue weighted by atomic mass is 9.74. The van der Waals surface area contributed by atoms with Crippen molar-refractivity contribution in [3.63, 3.8) is 0 Å². The Morgan fingerprint density at radius 1 is 1.50 bits per heavy atom. The second-order valence-electron chi connectivity index (χ2n) is 5.54. The summed E-state index contributed by atoms with van der Waals surface area (Å²) in [6.07, 6.45) is 8.07. The third-order valence-electron chi connectivity index (χ3n) is 3.80. The Morgan fingerprint density at radius 2 is 2.25 bits per heavy atom. The Morgan fingerprint density at radius 3 is 2.75 bits per heavy atom. The smallest absolute Gasteiger partial charge is 0.0599 e. The molecule has 0 spiro atoms. The molecule has 1 N–H and O–H groups in total. The van der Waals surface area contributed by atoms with Gasteiger partial charge in [-0.25, -0.2) is 0 Å². The van der Waals surface area contributed by atoms with E-state index in [2.05, 4.69) is 36.9 Å². The zero-order valence-electron chi connectivity index (χ0n) is 11.1. The third kappa shape index (κ3) is 3.81. The van der Waals surface area contributed by atoms with Gasteiger partial charge in [0.05, 0.1) is 6.54 Å². The number of piperidine rings is 1. The highest BCUT2D eigenvalue weighted by molar-refractivity contribution is 4.91. The summed E-state index contributed by atoms with van der Waals surface area (Å²) >= 11 is 0. The molecule has 0 radical (unpaired) electrons. The maximum atomic E-state index is 5.40. The quantitative estimate of drug-likeness (QED) is 0.716. The normalized spacial score (nSPS) is 22.1. The molecule has 2 nitrogen and oxygen atoms in total. The molecule has 1 saturated heterocycles. The summed E-state index contributed by atoms with van der Waals surface area (Å²) in [5.74, 6) is 3.54. The minimum Gasteiger partial charge on any atom is -0.316 e. The average molecular weight is 222 g/mol. The highest BCUT2D eigenvalue weighted by Crippen LogP contribution is 2.32. The Kier molecular flexibility index (Phi) is 5.31. The van der Waals surface area contributed by atoms with Crippen LogP contribution in [-0.2, 0) is 0 Å². The fraction of sp³-hybridized carbons (Fsp3) is 0.857. The van der Waals surface area contributed by atoms with Crippen LogP contribution in [-0.4, -0.2) is 37.6 Å². The van der Waals surface area contributed by atoms with E-state index in [0.29, 0.717) is 5.41 Å². The van der Waals surface area contributed by atoms with E-state index < -0.39 is 0 Å². The zero-order valence-corrected chi connectivity index (χ0v) is 11.1. The molecule has 0 bridgehead atoms. The molecule has 0 aromatic carbocycles. The molecule has 1 aliphatic heterocycles. The van der Waals surface area contributed by atoms with Crippen molar-refractivity contribution < 1.29 is 0 Å². The van der Waals surface area contributed by atoms with Gasteiger partial charge < -0.3 is 5.32 Å². The minimum absolute atomic E-state index is 0.361. The van der Waals surface area contributed by atoms with Crippen LogP contribution in [0, 0.1) is 23.7 Å². The summed E-state index contributed by atoms with van der Waals surface area (Å²) in [6, 6.07) is 0. The maximum Gasteiger partial charge on any atom is 0.0599 e. The summed E-state index contributed by atoms with van der Waals surface area (Å²) < 4.78 is 0. The van der Waals surface area contributed by atoms with Gasteiger partial charge in [-0.15, -0.1) is 6.42 Å². The van der Waals surface area contributed by atoms with E-state index in [1.54, 1.807) is 0 Å². The molecule has 1 atom stereocenters. The fourth-order valence-corrected chi connectivity index (χ4v) is 2.63. The molecule has 0 aliphatic carbocycles. The molecule has 16 heavy (non-hydrogen) atoms. The molecule has 0 aromatic heterocycles. The lowest BCUT2D eigenvalue weighted by Crippen LogP contribution is -2.44. The second-order valence-corrected chi connectivity index (χ2v) is 5.54. The van der Waals surface area contributed by atoms with Crippen LogP contribution < -0.4 is 5.32 Å². The van der Waals surface area contributed by atoms with E-state index in [-0.39, 0.29) is 0 Å². The van der Waals surface area contributed by atoms with Crippen LogP contribution in [0.5, 0.6) is 0 Å². The Hall–Kier alpha value is -0.520. The van der Waals surface area contributed by atoms with Gasteiger partial charge in [-0.3, -0.25) is 4.90 Å². The van der Waals surface area contributed by atoms with Crippen LogP contribution in [0.1, 0.15) is 33.6 Å². The number of hydrogen-bond donors (Lipinski definition) is 1. The summed E-state index contributed by atoms with van der Waals surface area (Å²) in [7, 11) is 0. The van der Waals surface area contributed by atoms with Gasteiger partial charge in [-0.05, 0) is 43.8 Å². The first kappa shape index (κ1) is 13.5. The zero-order chi connectivity index (χ0) is 12.0. The van der Waals surface area contributed by atoms with Crippen molar-refractivity contribution in [1.82, 2.24) is 10.2 Å². The molecule has 2 heteroatoms. The van der Waals surface area contributed by atoms with Crippen LogP contribution >= 0.6 is 0 Å². The lowest BCUT2D eigenvalue weighted by molar-refractivity contribution is 0.111. The molecule has 1 heterocycles. The predicted molar refractivity (Wildman–Crippen MR) is 70.3 cm³/mol. The fourth-order valence-electron chi connectivity index (χ4n) is 2.63. The van der Waals surface area contributed by atoms with Gasteiger partial charge in [0.25, 0.3) is 0 Å². The van der Waals surface area contributed by atoms with E-state index in [0.717, 1.165) is 25.6 Å². The molecule has 0 aromatic rings. The second kappa shape index (κ2) is 6.27. The van der Waals surface area contributed by atoms with Crippen LogP contribution in [0.3, 0.4) is 0 Å². The number of nitrogens with one attached hydrogen (secondary N) is 1. The van der Waals surface area contributed by atoms with Gasteiger partial charge in [0.2, 0.25) is 0 Å². The molecule has 92 valence electrons. The number of nitrogens with zero attached hydrogens (tertiary/aromatic N) is 1. The van der Waals surface area contributed by atoms with Crippen molar-refractivity contribution in [2.24, 2.45) is 11.3 Å². The van der Waals surface area contributed by atoms with Gasteiger partial charge in [0.15, 0.2) is 0 Å². The average Bonchev–Trinajstić information content (AvgIpc) is 2.29. The summed E-state index contributed by atoms with van der Waals surface area (Å²) in [5, 5.41) is 3.51. The van der Waals surface area contributed by atoms with Gasteiger partial charge in [0, 0.05) is 6.54 Å². The molecule has 1 fully saturated rings. The first-order valence-electron chi connectivity index (χ1n) is 6.46. The van der Waals surface area contributed by atoms with Crippen molar-refractivity contribution >= 4 is 0 Å². The van der Waals surface area contributed by atoms with Crippen molar-refractivity contribution in [2.75, 3.05) is 32.7 Å². The summed E-state index contributed by atoms with van der Waals surface area (Å²) in [4.78, 5) is 2.37. The van der Waals surface area contributed by atoms with Gasteiger partial charge >= 0.3 is 0 Å². The van der Waals surface area contributed by atoms with Gasteiger partial charge in [0.1, 0.15) is 0 Å². The molecule has 0 amide bonds. The topological polar surface area (TPSA) is 15.3 Å². The SMILES string of the molecule is C#CCN(CC)CC(C)(C)C1CCCNC1. The number of hydrogen-bond acceptors (Lipinski definition) is 2. The number of terminal acetylenes is 1. The third-order valence-corrected chi connectivity index (χ3v) is 3.80. The van der Waals surface area contributed by atoms with Crippen LogP contribution in [0.25, 0.3) is 0 Å². The standard InChI is InChI=1S/C14H26N2/c1-5-10-16(6-2)12-14(3,4)13-8-7-9-15-11-13/h1,13,15H,6-12H2,2-4H3. The molecule has 0 saturated carbocycles. The summed E-state index contributed by atoms with van der Waals surface area (Å²) in [6.45, 7) is 12.2. The van der Waals surface area contributed by atoms with Crippen molar-refractivity contribution in [2.45, 2.75) is 33.6 Å². The Labute approximate surface area is 101 Å². The van der Waals surface area contributed by atoms with Crippen molar-refractivity contribution in [3.8, 4) is 12.3 Å². The Balaban J connectivity index is 2.51. The molecule has 1 aliphatic rings. The van der Waals surface area contributed by atoms with Crippen molar-refractivity contribution in [3.05, 3.63) is 0 Å². The van der Waals surface area contributed by atoms with E-state index in [9.17, 15) is 0 Å². The van der Waals surface area contributed by atoms with Gasteiger partial charge in [-0.2, -0.15) is 0 Å². The lowest BCUT2D eigenvalue weighted by Gasteiger charge is -2.40. The highest BCUT2D eigenvalue weighted by atomic mass is 15.1. The van der Waals surface area contributed by atoms with E-state index >= 15 is 0 Å². The maximum absolute atomic E-state index is 5.40. The largest absolute Gasteiger partial charge is 0.316 e. The van der Waals surface area contributed by atoms with Crippen LogP contribution in [0.15, 0.2) is 0 Å². The molecular formula is C14H26N2. The van der Waals surface area contributed by atoms with E-state index in [4.69, 9.17) is 6.42 Å². The molecular weight excluding hydrogens is 196 g/mol. The first-order chi connectivity index (χ1) is 7.60.